The molecule has 2 aliphatic carbocycles. The third-order valence-electron chi connectivity index (χ3n) is 7.56. The highest BCUT2D eigenvalue weighted by Crippen LogP contribution is 2.64. The van der Waals surface area contributed by atoms with Gasteiger partial charge in [0.25, 0.3) is 5.91 Å². The fraction of sp³-hybridized carbons (Fsp3) is 0.385. The summed E-state index contributed by atoms with van der Waals surface area (Å²) in [5.41, 5.74) is 4.64. The lowest BCUT2D eigenvalue weighted by molar-refractivity contribution is -0.116. The highest BCUT2D eigenvalue weighted by atomic mass is 19.1. The lowest BCUT2D eigenvalue weighted by Gasteiger charge is -2.34. The summed E-state index contributed by atoms with van der Waals surface area (Å²) in [5, 5.41) is 1.18. The number of amides is 1. The van der Waals surface area contributed by atoms with Gasteiger partial charge in [-0.3, -0.25) is 4.79 Å². The number of carbonyl (C=O) groups excluding carboxylic acids is 2. The third kappa shape index (κ3) is 3.95. The average molecular weight is 455 g/mol. The Morgan fingerprint density at radius 2 is 1.82 bits per heavy atom. The normalized spacial score (nSPS) is 22.7. The van der Waals surface area contributed by atoms with Crippen molar-refractivity contribution in [3.05, 3.63) is 76.9 Å². The fourth-order valence-electron chi connectivity index (χ4n) is 5.09. The zero-order valence-corrected chi connectivity index (χ0v) is 19.2. The largest absolute Gasteiger partial charge is 0.465 e. The van der Waals surface area contributed by atoms with Crippen molar-refractivity contribution in [1.82, 2.24) is 5.43 Å². The van der Waals surface area contributed by atoms with Crippen LogP contribution in [-0.4, -0.2) is 19.0 Å². The first-order chi connectivity index (χ1) is 15.6. The van der Waals surface area contributed by atoms with E-state index in [1.165, 1.54) is 18.2 Å². The van der Waals surface area contributed by atoms with Gasteiger partial charge >= 0.3 is 5.97 Å². The molecule has 1 N–H and O–H groups in total. The summed E-state index contributed by atoms with van der Waals surface area (Å²) in [4.78, 5) is 25.3. The number of nitrogens with zero attached hydrogens (tertiary/aromatic N) is 1. The van der Waals surface area contributed by atoms with E-state index in [0.717, 1.165) is 30.5 Å². The monoisotopic (exact) mass is 454 g/mol. The SMILES string of the molecule is COC(=O)c1ccc(CNN(C(=O)C2=C[C@@]3(C)CC[C@@H]2C3(C)C)c2ccc(F)cc2F)cc1. The minimum Gasteiger partial charge on any atom is -0.465 e. The molecular weight excluding hydrogens is 426 g/mol. The maximum Gasteiger partial charge on any atom is 0.337 e. The van der Waals surface area contributed by atoms with Crippen LogP contribution in [0.25, 0.3) is 0 Å². The number of halogens is 2. The van der Waals surface area contributed by atoms with Gasteiger partial charge in [0.05, 0.1) is 18.4 Å². The van der Waals surface area contributed by atoms with Crippen molar-refractivity contribution in [1.29, 1.82) is 0 Å². The molecular formula is C26H28F2N2O3. The van der Waals surface area contributed by atoms with Crippen LogP contribution in [0.5, 0.6) is 0 Å². The Morgan fingerprint density at radius 3 is 2.36 bits per heavy atom. The van der Waals surface area contributed by atoms with E-state index in [1.807, 2.05) is 6.08 Å². The Hall–Kier alpha value is -3.06. The number of methoxy groups -OCH3 is 1. The lowest BCUT2D eigenvalue weighted by atomic mass is 9.70. The Morgan fingerprint density at radius 1 is 1.12 bits per heavy atom. The number of rotatable bonds is 6. The quantitative estimate of drug-likeness (QED) is 0.483. The highest BCUT2D eigenvalue weighted by molar-refractivity contribution is 6.06. The Bertz CT molecular complexity index is 1130. The van der Waals surface area contributed by atoms with Crippen molar-refractivity contribution in [3.63, 3.8) is 0 Å². The summed E-state index contributed by atoms with van der Waals surface area (Å²) in [6.45, 7) is 6.69. The van der Waals surface area contributed by atoms with E-state index in [4.69, 9.17) is 4.74 Å². The second kappa shape index (κ2) is 8.37. The molecule has 2 bridgehead atoms. The van der Waals surface area contributed by atoms with Gasteiger partial charge in [-0.25, -0.2) is 24.0 Å². The van der Waals surface area contributed by atoms with Crippen molar-refractivity contribution in [2.24, 2.45) is 16.7 Å². The summed E-state index contributed by atoms with van der Waals surface area (Å²) in [6.07, 6.45) is 3.94. The number of allylic oxidation sites excluding steroid dienone is 1. The van der Waals surface area contributed by atoms with E-state index in [-0.39, 0.29) is 34.9 Å². The zero-order valence-electron chi connectivity index (χ0n) is 19.2. The van der Waals surface area contributed by atoms with Gasteiger partial charge in [0.2, 0.25) is 0 Å². The number of hydrazine groups is 1. The topological polar surface area (TPSA) is 58.6 Å². The van der Waals surface area contributed by atoms with Gasteiger partial charge in [0.1, 0.15) is 5.82 Å². The van der Waals surface area contributed by atoms with Gasteiger partial charge < -0.3 is 4.74 Å². The van der Waals surface area contributed by atoms with Gasteiger partial charge in [-0.2, -0.15) is 0 Å². The van der Waals surface area contributed by atoms with Crippen LogP contribution in [-0.2, 0) is 16.1 Å². The van der Waals surface area contributed by atoms with Crippen LogP contribution in [0, 0.1) is 28.4 Å². The van der Waals surface area contributed by atoms with Crippen LogP contribution >= 0.6 is 0 Å². The molecule has 7 heteroatoms. The standard InChI is InChI=1S/C26H28F2N2O3/c1-25(2)20-11-12-26(25,3)14-19(20)23(31)30(22-10-9-18(27)13-21(22)28)29-15-16-5-7-17(8-6-16)24(32)33-4/h5-10,13-14,20,29H,11-12,15H2,1-4H3/t20-,26+/m0/s1. The first-order valence-corrected chi connectivity index (χ1v) is 11.0. The first-order valence-electron chi connectivity index (χ1n) is 11.0. The summed E-state index contributed by atoms with van der Waals surface area (Å²) in [5.74, 6) is -2.25. The van der Waals surface area contributed by atoms with Crippen LogP contribution < -0.4 is 10.4 Å². The van der Waals surface area contributed by atoms with E-state index >= 15 is 0 Å². The Balaban J connectivity index is 1.62. The van der Waals surface area contributed by atoms with Crippen LogP contribution in [0.3, 0.4) is 0 Å². The molecule has 0 spiro atoms. The number of nitrogens with one attached hydrogen (secondary N) is 1. The number of anilines is 1. The highest BCUT2D eigenvalue weighted by Gasteiger charge is 2.58. The first kappa shape index (κ1) is 23.1. The van der Waals surface area contributed by atoms with E-state index in [1.54, 1.807) is 24.3 Å². The molecule has 1 fully saturated rings. The second-order valence-electron chi connectivity index (χ2n) is 9.59. The second-order valence-corrected chi connectivity index (χ2v) is 9.59. The van der Waals surface area contributed by atoms with Gasteiger partial charge in [-0.1, -0.05) is 39.0 Å². The molecule has 0 heterocycles. The summed E-state index contributed by atoms with van der Waals surface area (Å²) < 4.78 is 33.0. The van der Waals surface area contributed by atoms with E-state index in [9.17, 15) is 18.4 Å². The van der Waals surface area contributed by atoms with Crippen LogP contribution in [0.1, 0.15) is 49.5 Å². The molecule has 174 valence electrons. The minimum atomic E-state index is -0.828. The Kier molecular flexibility index (Phi) is 5.86. The molecule has 0 aromatic heterocycles. The average Bonchev–Trinajstić information content (AvgIpc) is 3.13. The molecule has 5 nitrogen and oxygen atoms in total. The molecule has 0 unspecified atom stereocenters. The molecule has 0 aliphatic heterocycles. The van der Waals surface area contributed by atoms with Crippen LogP contribution in [0.15, 0.2) is 54.1 Å². The fourth-order valence-corrected chi connectivity index (χ4v) is 5.09. The third-order valence-corrected chi connectivity index (χ3v) is 7.56. The van der Waals surface area contributed by atoms with Crippen LogP contribution in [0.2, 0.25) is 0 Å². The number of carbonyl (C=O) groups is 2. The molecule has 4 rings (SSSR count). The molecule has 2 aliphatic rings. The van der Waals surface area contributed by atoms with Crippen molar-refractivity contribution in [3.8, 4) is 0 Å². The number of hydrogen-bond donors (Lipinski definition) is 1. The number of benzene rings is 2. The maximum absolute atomic E-state index is 14.7. The van der Waals surface area contributed by atoms with Gasteiger partial charge in [0.15, 0.2) is 5.82 Å². The molecule has 1 saturated carbocycles. The van der Waals surface area contributed by atoms with Gasteiger partial charge in [-0.05, 0) is 59.4 Å². The number of esters is 1. The maximum atomic E-state index is 14.7. The number of fused-ring (bicyclic) bond motifs is 2. The molecule has 2 aromatic carbocycles. The van der Waals surface area contributed by atoms with E-state index < -0.39 is 17.6 Å². The number of ether oxygens (including phenoxy) is 1. The molecule has 0 saturated heterocycles. The van der Waals surface area contributed by atoms with E-state index in [0.29, 0.717) is 11.1 Å². The summed E-state index contributed by atoms with van der Waals surface area (Å²) >= 11 is 0. The van der Waals surface area contributed by atoms with E-state index in [2.05, 4.69) is 26.2 Å². The van der Waals surface area contributed by atoms with Gasteiger partial charge in [0, 0.05) is 18.2 Å². The molecule has 1 amide bonds. The zero-order chi connectivity index (χ0) is 24.0. The molecule has 2 aromatic rings. The van der Waals surface area contributed by atoms with Crippen molar-refractivity contribution < 1.29 is 23.1 Å². The van der Waals surface area contributed by atoms with Crippen molar-refractivity contribution in [2.75, 3.05) is 12.1 Å². The predicted molar refractivity (Wildman–Crippen MR) is 121 cm³/mol. The number of hydrogen-bond acceptors (Lipinski definition) is 4. The Labute approximate surface area is 192 Å². The molecule has 2 atom stereocenters. The smallest absolute Gasteiger partial charge is 0.337 e. The van der Waals surface area contributed by atoms with Crippen molar-refractivity contribution >= 4 is 17.6 Å². The van der Waals surface area contributed by atoms with Crippen molar-refractivity contribution in [2.45, 2.75) is 40.2 Å². The minimum absolute atomic E-state index is 0.0424. The molecule has 33 heavy (non-hydrogen) atoms. The van der Waals surface area contributed by atoms with Gasteiger partial charge in [-0.15, -0.1) is 0 Å². The summed E-state index contributed by atoms with van der Waals surface area (Å²) in [7, 11) is 1.31. The molecule has 0 radical (unpaired) electrons. The lowest BCUT2D eigenvalue weighted by Crippen LogP contribution is -2.45. The predicted octanol–water partition coefficient (Wildman–Crippen LogP) is 5.17. The van der Waals surface area contributed by atoms with Crippen LogP contribution in [0.4, 0.5) is 14.5 Å². The summed E-state index contributed by atoms with van der Waals surface area (Å²) in [6, 6.07) is 9.85.